The van der Waals surface area contributed by atoms with Crippen molar-refractivity contribution in [2.45, 2.75) is 19.4 Å². The van der Waals surface area contributed by atoms with Crippen molar-refractivity contribution in [3.05, 3.63) is 84.2 Å². The maximum atomic E-state index is 13.2. The molecule has 156 valence electrons. The van der Waals surface area contributed by atoms with Crippen LogP contribution in [0, 0.1) is 6.92 Å². The first-order valence-corrected chi connectivity index (χ1v) is 10.5. The molecular weight excluding hydrogens is 374 g/mol. The first-order chi connectivity index (χ1) is 14.7. The number of para-hydroxylation sites is 2. The molecule has 0 bridgehead atoms. The smallest absolute Gasteiger partial charge is 0.225 e. The highest BCUT2D eigenvalue weighted by molar-refractivity contribution is 5.77. The number of methoxy groups -OCH3 is 1. The molecule has 5 nitrogen and oxygen atoms in total. The molecule has 1 aliphatic heterocycles. The highest BCUT2D eigenvalue weighted by atomic mass is 16.5. The van der Waals surface area contributed by atoms with Crippen molar-refractivity contribution >= 4 is 11.6 Å². The summed E-state index contributed by atoms with van der Waals surface area (Å²) in [6, 6.07) is 20.5. The Balaban J connectivity index is 1.45. The summed E-state index contributed by atoms with van der Waals surface area (Å²) in [5.41, 5.74) is 3.51. The van der Waals surface area contributed by atoms with Gasteiger partial charge in [-0.3, -0.25) is 4.79 Å². The van der Waals surface area contributed by atoms with Crippen LogP contribution in [0.2, 0.25) is 0 Å². The average Bonchev–Trinajstić information content (AvgIpc) is 3.33. The van der Waals surface area contributed by atoms with Crippen molar-refractivity contribution in [1.29, 1.82) is 0 Å². The molecule has 0 radical (unpaired) electrons. The second kappa shape index (κ2) is 9.08. The number of hydrogen-bond donors (Lipinski definition) is 0. The molecule has 3 aromatic rings. The molecule has 0 saturated carbocycles. The van der Waals surface area contributed by atoms with Gasteiger partial charge in [0.2, 0.25) is 5.91 Å². The quantitative estimate of drug-likeness (QED) is 0.621. The fourth-order valence-electron chi connectivity index (χ4n) is 4.27. The van der Waals surface area contributed by atoms with Crippen molar-refractivity contribution in [2.24, 2.45) is 0 Å². The SMILES string of the molecule is COc1ccccc1N1CCN(C(=O)C[C@@H](c2ccccc2C)n2cccc2)CC1. The molecule has 1 aliphatic rings. The van der Waals surface area contributed by atoms with Gasteiger partial charge in [0.05, 0.1) is 25.3 Å². The Morgan fingerprint density at radius 2 is 1.60 bits per heavy atom. The van der Waals surface area contributed by atoms with Gasteiger partial charge in [0, 0.05) is 38.6 Å². The summed E-state index contributed by atoms with van der Waals surface area (Å²) in [6.07, 6.45) is 4.56. The lowest BCUT2D eigenvalue weighted by molar-refractivity contribution is -0.132. The Hall–Kier alpha value is -3.21. The van der Waals surface area contributed by atoms with E-state index in [2.05, 4.69) is 40.7 Å². The number of piperazine rings is 1. The minimum Gasteiger partial charge on any atom is -0.495 e. The van der Waals surface area contributed by atoms with Crippen LogP contribution in [0.4, 0.5) is 5.69 Å². The summed E-state index contributed by atoms with van der Waals surface area (Å²) in [4.78, 5) is 17.5. The maximum Gasteiger partial charge on any atom is 0.225 e. The molecule has 30 heavy (non-hydrogen) atoms. The van der Waals surface area contributed by atoms with Crippen LogP contribution >= 0.6 is 0 Å². The number of ether oxygens (including phenoxy) is 1. The van der Waals surface area contributed by atoms with Gasteiger partial charge in [-0.15, -0.1) is 0 Å². The second-order valence-corrected chi connectivity index (χ2v) is 7.75. The molecule has 0 N–H and O–H groups in total. The largest absolute Gasteiger partial charge is 0.495 e. The first kappa shape index (κ1) is 20.1. The monoisotopic (exact) mass is 403 g/mol. The molecule has 0 spiro atoms. The number of anilines is 1. The summed E-state index contributed by atoms with van der Waals surface area (Å²) >= 11 is 0. The van der Waals surface area contributed by atoms with E-state index in [0.29, 0.717) is 6.42 Å². The van der Waals surface area contributed by atoms with Crippen molar-refractivity contribution < 1.29 is 9.53 Å². The number of hydrogen-bond acceptors (Lipinski definition) is 3. The predicted molar refractivity (Wildman–Crippen MR) is 120 cm³/mol. The Labute approximate surface area is 178 Å². The molecule has 4 rings (SSSR count). The zero-order valence-corrected chi connectivity index (χ0v) is 17.7. The van der Waals surface area contributed by atoms with Crippen molar-refractivity contribution in [3.8, 4) is 5.75 Å². The van der Waals surface area contributed by atoms with Gasteiger partial charge >= 0.3 is 0 Å². The third kappa shape index (κ3) is 4.20. The summed E-state index contributed by atoms with van der Waals surface area (Å²) in [5, 5.41) is 0. The lowest BCUT2D eigenvalue weighted by atomic mass is 9.98. The highest BCUT2D eigenvalue weighted by Crippen LogP contribution is 2.29. The Morgan fingerprint density at radius 3 is 2.30 bits per heavy atom. The molecule has 1 saturated heterocycles. The van der Waals surface area contributed by atoms with Crippen LogP contribution in [0.25, 0.3) is 0 Å². The summed E-state index contributed by atoms with van der Waals surface area (Å²) in [7, 11) is 1.70. The zero-order valence-electron chi connectivity index (χ0n) is 17.7. The van der Waals surface area contributed by atoms with Crippen molar-refractivity contribution in [3.63, 3.8) is 0 Å². The van der Waals surface area contributed by atoms with E-state index in [4.69, 9.17) is 4.74 Å². The van der Waals surface area contributed by atoms with Crippen LogP contribution in [-0.2, 0) is 4.79 Å². The van der Waals surface area contributed by atoms with Gasteiger partial charge in [0.1, 0.15) is 5.75 Å². The average molecular weight is 404 g/mol. The number of nitrogens with zero attached hydrogens (tertiary/aromatic N) is 3. The van der Waals surface area contributed by atoms with E-state index in [1.807, 2.05) is 53.7 Å². The molecule has 5 heteroatoms. The normalized spacial score (nSPS) is 15.1. The zero-order chi connectivity index (χ0) is 20.9. The molecule has 2 aromatic carbocycles. The van der Waals surface area contributed by atoms with Gasteiger partial charge in [-0.1, -0.05) is 36.4 Å². The molecule has 0 unspecified atom stereocenters. The highest BCUT2D eigenvalue weighted by Gasteiger charge is 2.26. The van der Waals surface area contributed by atoms with E-state index < -0.39 is 0 Å². The number of aromatic nitrogens is 1. The topological polar surface area (TPSA) is 37.7 Å². The third-order valence-corrected chi connectivity index (χ3v) is 5.96. The Bertz CT molecular complexity index is 976. The number of carbonyl (C=O) groups excluding carboxylic acids is 1. The number of amides is 1. The Morgan fingerprint density at radius 1 is 0.933 bits per heavy atom. The molecular formula is C25H29N3O2. The van der Waals surface area contributed by atoms with Crippen LogP contribution in [0.3, 0.4) is 0 Å². The van der Waals surface area contributed by atoms with Gasteiger partial charge in [-0.2, -0.15) is 0 Å². The lowest BCUT2D eigenvalue weighted by Gasteiger charge is -2.37. The van der Waals surface area contributed by atoms with E-state index in [1.165, 1.54) is 11.1 Å². The second-order valence-electron chi connectivity index (χ2n) is 7.75. The first-order valence-electron chi connectivity index (χ1n) is 10.5. The van der Waals surface area contributed by atoms with Crippen LogP contribution in [0.15, 0.2) is 73.1 Å². The van der Waals surface area contributed by atoms with Gasteiger partial charge < -0.3 is 19.1 Å². The number of benzene rings is 2. The molecule has 1 amide bonds. The summed E-state index contributed by atoms with van der Waals surface area (Å²) in [5.74, 6) is 1.08. The van der Waals surface area contributed by atoms with Gasteiger partial charge in [0.15, 0.2) is 0 Å². The molecule has 2 heterocycles. The van der Waals surface area contributed by atoms with E-state index in [-0.39, 0.29) is 11.9 Å². The van der Waals surface area contributed by atoms with Gasteiger partial charge in [-0.25, -0.2) is 0 Å². The minimum absolute atomic E-state index is 0.0148. The minimum atomic E-state index is 0.0148. The van der Waals surface area contributed by atoms with Crippen molar-refractivity contribution in [2.75, 3.05) is 38.2 Å². The number of rotatable bonds is 6. The third-order valence-electron chi connectivity index (χ3n) is 5.96. The van der Waals surface area contributed by atoms with E-state index >= 15 is 0 Å². The molecule has 1 fully saturated rings. The standard InChI is InChI=1S/C25H29N3O2/c1-20-9-3-4-10-21(20)23(26-13-7-8-14-26)19-25(29)28-17-15-27(16-18-28)22-11-5-6-12-24(22)30-2/h3-14,23H,15-19H2,1-2H3/t23-/m0/s1. The maximum absolute atomic E-state index is 13.2. The van der Waals surface area contributed by atoms with E-state index in [9.17, 15) is 4.79 Å². The van der Waals surface area contributed by atoms with E-state index in [1.54, 1.807) is 7.11 Å². The fourth-order valence-corrected chi connectivity index (χ4v) is 4.27. The van der Waals surface area contributed by atoms with Gasteiger partial charge in [-0.05, 0) is 42.3 Å². The van der Waals surface area contributed by atoms with Gasteiger partial charge in [0.25, 0.3) is 0 Å². The fraction of sp³-hybridized carbons (Fsp3) is 0.320. The molecule has 1 aromatic heterocycles. The number of aryl methyl sites for hydroxylation is 1. The lowest BCUT2D eigenvalue weighted by Crippen LogP contribution is -2.49. The van der Waals surface area contributed by atoms with Crippen LogP contribution in [0.1, 0.15) is 23.6 Å². The van der Waals surface area contributed by atoms with E-state index in [0.717, 1.165) is 37.6 Å². The Kier molecular flexibility index (Phi) is 6.07. The summed E-state index contributed by atoms with van der Waals surface area (Å²) in [6.45, 7) is 5.18. The van der Waals surface area contributed by atoms with Crippen LogP contribution in [-0.4, -0.2) is 48.7 Å². The number of carbonyl (C=O) groups is 1. The predicted octanol–water partition coefficient (Wildman–Crippen LogP) is 4.13. The molecule has 0 aliphatic carbocycles. The van der Waals surface area contributed by atoms with Crippen LogP contribution < -0.4 is 9.64 Å². The summed E-state index contributed by atoms with van der Waals surface area (Å²) < 4.78 is 7.65. The molecule has 1 atom stereocenters. The van der Waals surface area contributed by atoms with Crippen molar-refractivity contribution in [1.82, 2.24) is 9.47 Å². The van der Waals surface area contributed by atoms with Crippen LogP contribution in [0.5, 0.6) is 5.75 Å².